The molecule has 192 valence electrons. The van der Waals surface area contributed by atoms with Gasteiger partial charge >= 0.3 is 0 Å². The number of allylic oxidation sites excluding steroid dienone is 1. The average Bonchev–Trinajstić information content (AvgIpc) is 3.26. The maximum absolute atomic E-state index is 12.1. The van der Waals surface area contributed by atoms with Crippen LogP contribution in [0.4, 0.5) is 0 Å². The highest BCUT2D eigenvalue weighted by atomic mass is 16.7. The topological polar surface area (TPSA) is 58.9 Å². The van der Waals surface area contributed by atoms with Gasteiger partial charge in [0, 0.05) is 23.7 Å². The standard InChI is InChI=1S/C30H48O4/c1-18(2)14-19-15-33-30-16-29(17-34-30)20(24(30)28(19,7)32)8-9-22-26(5)12-11-23(31)25(3,4)21(26)10-13-27(22,29)6/h14,19-24,31-32H,8-13,15-17H2,1-7H3/t19?,20-,21+,22-,23+,24+,26+,27-,28?,29+,30-/m1/s1. The molecule has 0 aromatic heterocycles. The molecule has 2 spiro atoms. The SMILES string of the molecule is CC(C)=CC1CO[C@]23C[C@]4(CO2)[C@H](CC[C@@H]2[C@@]5(C)CC[C@H](O)C(C)(C)[C@@H]5CC[C@]24C)[C@H]3C1(C)O. The van der Waals surface area contributed by atoms with Crippen molar-refractivity contribution in [1.29, 1.82) is 0 Å². The Labute approximate surface area is 206 Å². The van der Waals surface area contributed by atoms with E-state index >= 15 is 0 Å². The van der Waals surface area contributed by atoms with Crippen molar-refractivity contribution in [3.8, 4) is 0 Å². The smallest absolute Gasteiger partial charge is 0.174 e. The molecular formula is C30H48O4. The monoisotopic (exact) mass is 472 g/mol. The van der Waals surface area contributed by atoms with Crippen LogP contribution in [0.5, 0.6) is 0 Å². The quantitative estimate of drug-likeness (QED) is 0.480. The summed E-state index contributed by atoms with van der Waals surface area (Å²) in [5.74, 6) is 1.10. The van der Waals surface area contributed by atoms with Crippen molar-refractivity contribution in [2.75, 3.05) is 13.2 Å². The second-order valence-electron chi connectivity index (χ2n) is 14.9. The summed E-state index contributed by atoms with van der Waals surface area (Å²) >= 11 is 0. The molecule has 2 unspecified atom stereocenters. The van der Waals surface area contributed by atoms with Crippen molar-refractivity contribution < 1.29 is 19.7 Å². The van der Waals surface area contributed by atoms with Gasteiger partial charge in [-0.15, -0.1) is 0 Å². The van der Waals surface area contributed by atoms with Gasteiger partial charge in [-0.3, -0.25) is 0 Å². The molecule has 4 nitrogen and oxygen atoms in total. The van der Waals surface area contributed by atoms with E-state index in [2.05, 4.69) is 54.5 Å². The molecule has 6 rings (SSSR count). The molecule has 11 atom stereocenters. The Morgan fingerprint density at radius 2 is 1.65 bits per heavy atom. The summed E-state index contributed by atoms with van der Waals surface area (Å²) < 4.78 is 13.4. The molecular weight excluding hydrogens is 424 g/mol. The van der Waals surface area contributed by atoms with Crippen LogP contribution in [0.3, 0.4) is 0 Å². The second-order valence-corrected chi connectivity index (χ2v) is 14.9. The van der Waals surface area contributed by atoms with Gasteiger partial charge in [-0.1, -0.05) is 39.3 Å². The molecule has 4 heteroatoms. The van der Waals surface area contributed by atoms with Gasteiger partial charge in [-0.25, -0.2) is 0 Å². The summed E-state index contributed by atoms with van der Waals surface area (Å²) in [7, 11) is 0. The molecule has 2 aliphatic heterocycles. The van der Waals surface area contributed by atoms with Crippen molar-refractivity contribution in [3.05, 3.63) is 11.6 Å². The van der Waals surface area contributed by atoms with Crippen molar-refractivity contribution in [1.82, 2.24) is 0 Å². The third-order valence-electron chi connectivity index (χ3n) is 13.1. The minimum Gasteiger partial charge on any atom is -0.393 e. The lowest BCUT2D eigenvalue weighted by atomic mass is 9.35. The number of aliphatic hydroxyl groups is 2. The van der Waals surface area contributed by atoms with E-state index in [0.29, 0.717) is 24.4 Å². The number of ether oxygens (including phenoxy) is 2. The molecule has 0 aromatic carbocycles. The number of hydrogen-bond acceptors (Lipinski definition) is 4. The van der Waals surface area contributed by atoms with Crippen LogP contribution in [0.15, 0.2) is 11.6 Å². The predicted octanol–water partition coefficient (Wildman–Crippen LogP) is 5.71. The zero-order valence-corrected chi connectivity index (χ0v) is 22.6. The molecule has 2 heterocycles. The second kappa shape index (κ2) is 6.91. The summed E-state index contributed by atoms with van der Waals surface area (Å²) in [6.07, 6.45) is 9.85. The van der Waals surface area contributed by atoms with E-state index in [4.69, 9.17) is 9.47 Å². The van der Waals surface area contributed by atoms with Crippen molar-refractivity contribution in [2.45, 2.75) is 111 Å². The zero-order valence-electron chi connectivity index (χ0n) is 22.6. The average molecular weight is 473 g/mol. The van der Waals surface area contributed by atoms with Crippen LogP contribution < -0.4 is 0 Å². The highest BCUT2D eigenvalue weighted by Crippen LogP contribution is 2.80. The highest BCUT2D eigenvalue weighted by Gasteiger charge is 2.80. The lowest BCUT2D eigenvalue weighted by Gasteiger charge is -2.70. The van der Waals surface area contributed by atoms with Crippen LogP contribution in [0.1, 0.15) is 93.4 Å². The van der Waals surface area contributed by atoms with Gasteiger partial charge in [0.2, 0.25) is 0 Å². The van der Waals surface area contributed by atoms with Gasteiger partial charge in [-0.2, -0.15) is 0 Å². The van der Waals surface area contributed by atoms with E-state index in [-0.39, 0.29) is 39.6 Å². The van der Waals surface area contributed by atoms with Crippen LogP contribution in [0.2, 0.25) is 0 Å². The molecule has 4 saturated carbocycles. The summed E-state index contributed by atoms with van der Waals surface area (Å²) in [6.45, 7) is 17.4. The molecule has 0 amide bonds. The number of aliphatic hydroxyl groups excluding tert-OH is 1. The molecule has 0 aromatic rings. The van der Waals surface area contributed by atoms with Crippen LogP contribution in [0.25, 0.3) is 0 Å². The molecule has 6 aliphatic rings. The minimum absolute atomic E-state index is 0.0209. The van der Waals surface area contributed by atoms with E-state index < -0.39 is 11.4 Å². The van der Waals surface area contributed by atoms with Gasteiger partial charge < -0.3 is 19.7 Å². The van der Waals surface area contributed by atoms with E-state index in [0.717, 1.165) is 25.9 Å². The van der Waals surface area contributed by atoms with Crippen LogP contribution in [0, 0.1) is 51.2 Å². The fourth-order valence-electron chi connectivity index (χ4n) is 11.5. The molecule has 2 bridgehead atoms. The highest BCUT2D eigenvalue weighted by molar-refractivity contribution is 5.27. The largest absolute Gasteiger partial charge is 0.393 e. The lowest BCUT2D eigenvalue weighted by molar-refractivity contribution is -0.338. The number of fused-ring (bicyclic) bond motifs is 4. The Kier molecular flexibility index (Phi) is 4.87. The maximum Gasteiger partial charge on any atom is 0.174 e. The lowest BCUT2D eigenvalue weighted by Crippen LogP contribution is -2.67. The van der Waals surface area contributed by atoms with Crippen molar-refractivity contribution >= 4 is 0 Å². The van der Waals surface area contributed by atoms with Gasteiger partial charge in [-0.05, 0) is 93.3 Å². The van der Waals surface area contributed by atoms with E-state index in [9.17, 15) is 10.2 Å². The van der Waals surface area contributed by atoms with Crippen LogP contribution in [-0.4, -0.2) is 40.9 Å². The molecule has 2 N–H and O–H groups in total. The minimum atomic E-state index is -0.816. The first-order valence-corrected chi connectivity index (χ1v) is 14.1. The predicted molar refractivity (Wildman–Crippen MR) is 133 cm³/mol. The number of hydrogen-bond donors (Lipinski definition) is 2. The third kappa shape index (κ3) is 2.60. The summed E-state index contributed by atoms with van der Waals surface area (Å²) in [6, 6.07) is 0. The molecule has 4 aliphatic carbocycles. The normalized spacial score (nSPS) is 59.4. The third-order valence-corrected chi connectivity index (χ3v) is 13.1. The Hall–Kier alpha value is -0.420. The Morgan fingerprint density at radius 3 is 2.35 bits per heavy atom. The Bertz CT molecular complexity index is 903. The van der Waals surface area contributed by atoms with E-state index in [1.807, 2.05) is 0 Å². The first kappa shape index (κ1) is 23.9. The molecule has 34 heavy (non-hydrogen) atoms. The first-order valence-electron chi connectivity index (χ1n) is 14.1. The van der Waals surface area contributed by atoms with E-state index in [1.165, 1.54) is 31.3 Å². The summed E-state index contributed by atoms with van der Waals surface area (Å²) in [4.78, 5) is 0. The van der Waals surface area contributed by atoms with E-state index in [1.54, 1.807) is 0 Å². The van der Waals surface area contributed by atoms with Gasteiger partial charge in [0.1, 0.15) is 0 Å². The first-order chi connectivity index (χ1) is 15.7. The molecule has 0 radical (unpaired) electrons. The number of rotatable bonds is 1. The zero-order chi connectivity index (χ0) is 24.5. The summed E-state index contributed by atoms with van der Waals surface area (Å²) in [5, 5.41) is 23.0. The van der Waals surface area contributed by atoms with Gasteiger partial charge in [0.25, 0.3) is 0 Å². The van der Waals surface area contributed by atoms with Crippen LogP contribution >= 0.6 is 0 Å². The Morgan fingerprint density at radius 1 is 0.912 bits per heavy atom. The maximum atomic E-state index is 12.1. The van der Waals surface area contributed by atoms with Gasteiger partial charge in [0.05, 0.1) is 24.9 Å². The Balaban J connectivity index is 1.41. The van der Waals surface area contributed by atoms with Crippen molar-refractivity contribution in [3.63, 3.8) is 0 Å². The van der Waals surface area contributed by atoms with Crippen LogP contribution in [-0.2, 0) is 9.47 Å². The molecule has 2 saturated heterocycles. The van der Waals surface area contributed by atoms with Gasteiger partial charge in [0.15, 0.2) is 5.79 Å². The fraction of sp³-hybridized carbons (Fsp3) is 0.933. The summed E-state index contributed by atoms with van der Waals surface area (Å²) in [5.41, 5.74) is 0.929. The molecule has 6 fully saturated rings. The fourth-order valence-corrected chi connectivity index (χ4v) is 11.5. The van der Waals surface area contributed by atoms with Crippen molar-refractivity contribution in [2.24, 2.45) is 51.2 Å².